The van der Waals surface area contributed by atoms with E-state index in [9.17, 15) is 13.2 Å². The van der Waals surface area contributed by atoms with Crippen molar-refractivity contribution in [1.29, 1.82) is 0 Å². The predicted molar refractivity (Wildman–Crippen MR) is 59.3 cm³/mol. The minimum Gasteiger partial charge on any atom is -0.304 e. The van der Waals surface area contributed by atoms with Gasteiger partial charge in [-0.25, -0.2) is 0 Å². The molecule has 0 aromatic carbocycles. The lowest BCUT2D eigenvalue weighted by atomic mass is 9.88. The van der Waals surface area contributed by atoms with Crippen LogP contribution >= 0.6 is 0 Å². The summed E-state index contributed by atoms with van der Waals surface area (Å²) in [6.45, 7) is 4.40. The molecule has 0 aromatic rings. The van der Waals surface area contributed by atoms with Crippen LogP contribution in [0.25, 0.3) is 0 Å². The molecule has 4 heteroatoms. The van der Waals surface area contributed by atoms with Gasteiger partial charge in [-0.2, -0.15) is 13.2 Å². The smallest absolute Gasteiger partial charge is 0.304 e. The van der Waals surface area contributed by atoms with E-state index in [1.807, 2.05) is 13.8 Å². The maximum atomic E-state index is 13.2. The lowest BCUT2D eigenvalue weighted by Crippen LogP contribution is -2.56. The third kappa shape index (κ3) is 3.12. The summed E-state index contributed by atoms with van der Waals surface area (Å²) in [4.78, 5) is 0. The maximum absolute atomic E-state index is 13.2. The van der Waals surface area contributed by atoms with Gasteiger partial charge in [0.2, 0.25) is 0 Å². The summed E-state index contributed by atoms with van der Waals surface area (Å²) in [5, 5.41) is 2.76. The fraction of sp³-hybridized carbons (Fsp3) is 1.00. The van der Waals surface area contributed by atoms with Crippen LogP contribution in [0.5, 0.6) is 0 Å². The molecule has 0 heterocycles. The summed E-state index contributed by atoms with van der Waals surface area (Å²) in [5.41, 5.74) is -1.62. The molecule has 1 saturated carbocycles. The largest absolute Gasteiger partial charge is 0.406 e. The van der Waals surface area contributed by atoms with Crippen LogP contribution in [0, 0.1) is 5.92 Å². The Morgan fingerprint density at radius 2 is 1.94 bits per heavy atom. The average Bonchev–Trinajstić information content (AvgIpc) is 2.37. The molecule has 0 bridgehead atoms. The van der Waals surface area contributed by atoms with Gasteiger partial charge in [0, 0.05) is 0 Å². The van der Waals surface area contributed by atoms with Crippen molar-refractivity contribution in [3.05, 3.63) is 0 Å². The van der Waals surface area contributed by atoms with Gasteiger partial charge in [-0.1, -0.05) is 26.7 Å². The van der Waals surface area contributed by atoms with E-state index in [0.717, 1.165) is 12.8 Å². The van der Waals surface area contributed by atoms with Gasteiger partial charge in [0.15, 0.2) is 0 Å². The number of alkyl halides is 3. The second-order valence-corrected chi connectivity index (χ2v) is 5.04. The fourth-order valence-corrected chi connectivity index (χ4v) is 2.44. The molecular weight excluding hydrogens is 215 g/mol. The summed E-state index contributed by atoms with van der Waals surface area (Å²) < 4.78 is 39.5. The quantitative estimate of drug-likeness (QED) is 0.734. The van der Waals surface area contributed by atoms with E-state index >= 15 is 0 Å². The highest BCUT2D eigenvalue weighted by Gasteiger charge is 2.53. The van der Waals surface area contributed by atoms with Crippen LogP contribution in [0.15, 0.2) is 0 Å². The van der Waals surface area contributed by atoms with Crippen molar-refractivity contribution in [3.63, 3.8) is 0 Å². The predicted octanol–water partition coefficient (Wildman–Crippen LogP) is 3.89. The Balaban J connectivity index is 2.77. The van der Waals surface area contributed by atoms with Crippen molar-refractivity contribution >= 4 is 0 Å². The molecule has 1 rings (SSSR count). The molecule has 0 spiro atoms. The van der Waals surface area contributed by atoms with Crippen molar-refractivity contribution in [2.45, 2.75) is 64.1 Å². The summed E-state index contributed by atoms with van der Waals surface area (Å²) >= 11 is 0. The minimum atomic E-state index is -4.12. The average molecular weight is 237 g/mol. The van der Waals surface area contributed by atoms with Crippen LogP contribution < -0.4 is 5.32 Å². The highest BCUT2D eigenvalue weighted by molar-refractivity contribution is 4.96. The first-order valence-electron chi connectivity index (χ1n) is 6.23. The maximum Gasteiger partial charge on any atom is 0.406 e. The van der Waals surface area contributed by atoms with Crippen LogP contribution in [-0.4, -0.2) is 18.3 Å². The van der Waals surface area contributed by atoms with E-state index in [1.165, 1.54) is 0 Å². The van der Waals surface area contributed by atoms with Gasteiger partial charge in [-0.3, -0.25) is 0 Å². The Bertz CT molecular complexity index is 211. The molecule has 0 aliphatic heterocycles. The van der Waals surface area contributed by atoms with Crippen LogP contribution in [0.3, 0.4) is 0 Å². The Hall–Kier alpha value is -0.250. The molecule has 1 nitrogen and oxygen atoms in total. The first kappa shape index (κ1) is 13.8. The molecule has 0 radical (unpaired) electrons. The zero-order valence-corrected chi connectivity index (χ0v) is 10.2. The molecule has 96 valence electrons. The van der Waals surface area contributed by atoms with Crippen molar-refractivity contribution in [2.75, 3.05) is 6.54 Å². The number of hydrogen-bond acceptors (Lipinski definition) is 1. The van der Waals surface area contributed by atoms with Crippen molar-refractivity contribution in [1.82, 2.24) is 5.32 Å². The third-order valence-electron chi connectivity index (χ3n) is 3.62. The zero-order valence-electron chi connectivity index (χ0n) is 10.2. The Morgan fingerprint density at radius 1 is 1.25 bits per heavy atom. The molecule has 1 fully saturated rings. The third-order valence-corrected chi connectivity index (χ3v) is 3.62. The fourth-order valence-electron chi connectivity index (χ4n) is 2.44. The van der Waals surface area contributed by atoms with Crippen LogP contribution in [0.2, 0.25) is 0 Å². The van der Waals surface area contributed by atoms with E-state index in [0.29, 0.717) is 25.3 Å². The molecule has 0 aromatic heterocycles. The van der Waals surface area contributed by atoms with Crippen LogP contribution in [0.1, 0.15) is 52.4 Å². The first-order valence-corrected chi connectivity index (χ1v) is 6.23. The summed E-state index contributed by atoms with van der Waals surface area (Å²) in [6.07, 6.45) is -0.628. The molecular formula is C12H22F3N. The lowest BCUT2D eigenvalue weighted by Gasteiger charge is -2.36. The van der Waals surface area contributed by atoms with Gasteiger partial charge in [0.25, 0.3) is 0 Å². The molecule has 1 aliphatic carbocycles. The molecule has 2 atom stereocenters. The molecule has 0 amide bonds. The first-order chi connectivity index (χ1) is 7.41. The van der Waals surface area contributed by atoms with Gasteiger partial charge in [0.05, 0.1) is 0 Å². The Morgan fingerprint density at radius 3 is 2.50 bits per heavy atom. The van der Waals surface area contributed by atoms with Crippen molar-refractivity contribution in [3.8, 4) is 0 Å². The van der Waals surface area contributed by atoms with Crippen LogP contribution in [-0.2, 0) is 0 Å². The molecule has 1 aliphatic rings. The highest BCUT2D eigenvalue weighted by atomic mass is 19.4. The SMILES string of the molecule is CCCNC1(C(F)(F)F)CCCC(C)CC1. The summed E-state index contributed by atoms with van der Waals surface area (Å²) in [7, 11) is 0. The van der Waals surface area contributed by atoms with E-state index in [1.54, 1.807) is 0 Å². The van der Waals surface area contributed by atoms with Gasteiger partial charge in [-0.15, -0.1) is 0 Å². The van der Waals surface area contributed by atoms with Gasteiger partial charge >= 0.3 is 6.18 Å². The van der Waals surface area contributed by atoms with E-state index < -0.39 is 11.7 Å². The second kappa shape index (κ2) is 5.39. The van der Waals surface area contributed by atoms with Gasteiger partial charge in [0.1, 0.15) is 5.54 Å². The van der Waals surface area contributed by atoms with Gasteiger partial charge < -0.3 is 5.32 Å². The second-order valence-electron chi connectivity index (χ2n) is 5.04. The van der Waals surface area contributed by atoms with Gasteiger partial charge in [-0.05, 0) is 38.1 Å². The molecule has 16 heavy (non-hydrogen) atoms. The standard InChI is InChI=1S/C12H22F3N/c1-3-9-16-11(12(13,14)15)7-4-5-10(2)6-8-11/h10,16H,3-9H2,1-2H3. The van der Waals surface area contributed by atoms with Crippen molar-refractivity contribution < 1.29 is 13.2 Å². The minimum absolute atomic E-state index is 0.234. The normalized spacial score (nSPS) is 32.4. The van der Waals surface area contributed by atoms with E-state index in [4.69, 9.17) is 0 Å². The van der Waals surface area contributed by atoms with E-state index in [-0.39, 0.29) is 12.8 Å². The number of nitrogens with one attached hydrogen (secondary N) is 1. The topological polar surface area (TPSA) is 12.0 Å². The summed E-state index contributed by atoms with van der Waals surface area (Å²) in [5.74, 6) is 0.424. The summed E-state index contributed by atoms with van der Waals surface area (Å²) in [6, 6.07) is 0. The molecule has 0 saturated heterocycles. The highest BCUT2D eigenvalue weighted by Crippen LogP contribution is 2.41. The number of rotatable bonds is 3. The number of halogens is 3. The number of hydrogen-bond donors (Lipinski definition) is 1. The van der Waals surface area contributed by atoms with E-state index in [2.05, 4.69) is 5.32 Å². The molecule has 2 unspecified atom stereocenters. The monoisotopic (exact) mass is 237 g/mol. The zero-order chi connectivity index (χ0) is 12.2. The van der Waals surface area contributed by atoms with Crippen LogP contribution in [0.4, 0.5) is 13.2 Å². The Labute approximate surface area is 95.8 Å². The lowest BCUT2D eigenvalue weighted by molar-refractivity contribution is -0.200. The van der Waals surface area contributed by atoms with Crippen molar-refractivity contribution in [2.24, 2.45) is 5.92 Å². The Kier molecular flexibility index (Phi) is 4.65. The molecule has 1 N–H and O–H groups in total.